The Balaban J connectivity index is 4.11. The van der Waals surface area contributed by atoms with Gasteiger partial charge < -0.3 is 24.4 Å². The topological polar surface area (TPSA) is 140 Å². The maximum Gasteiger partial charge on any atom is 0.469 e. The third-order valence-electron chi connectivity index (χ3n) is 7.44. The van der Waals surface area contributed by atoms with Crippen LogP contribution < -0.4 is 0 Å². The van der Waals surface area contributed by atoms with Gasteiger partial charge in [-0.25, -0.2) is 4.57 Å². The van der Waals surface area contributed by atoms with E-state index in [4.69, 9.17) is 19.3 Å². The van der Waals surface area contributed by atoms with Crippen molar-refractivity contribution in [2.75, 3.05) is 13.2 Å². The third kappa shape index (κ3) is 35.1. The van der Waals surface area contributed by atoms with Gasteiger partial charge in [0.25, 0.3) is 0 Å². The van der Waals surface area contributed by atoms with Crippen molar-refractivity contribution in [1.29, 1.82) is 0 Å². The number of ether oxygens (including phenoxy) is 2. The Bertz CT molecular complexity index is 923. The minimum absolute atomic E-state index is 0.139. The summed E-state index contributed by atoms with van der Waals surface area (Å²) in [6.07, 6.45) is 34.2. The van der Waals surface area contributed by atoms with Crippen molar-refractivity contribution in [2.45, 2.75) is 161 Å². The van der Waals surface area contributed by atoms with Gasteiger partial charge in [0.2, 0.25) is 0 Å². The Kier molecular flexibility index (Phi) is 31.1. The quantitative estimate of drug-likeness (QED) is 0.0208. The second-order valence-corrected chi connectivity index (χ2v) is 13.2. The molecule has 0 heterocycles. The minimum Gasteiger partial charge on any atom is -0.462 e. The molecule has 272 valence electrons. The predicted octanol–water partition coefficient (Wildman–Crippen LogP) is 9.37. The number of carbonyl (C=O) groups excluding carboxylic acids is 2. The smallest absolute Gasteiger partial charge is 0.462 e. The lowest BCUT2D eigenvalue weighted by Gasteiger charge is -2.18. The van der Waals surface area contributed by atoms with Crippen LogP contribution in [0.2, 0.25) is 0 Å². The number of unbranched alkanes of at least 4 members (excludes halogenated alkanes) is 13. The van der Waals surface area contributed by atoms with Crippen molar-refractivity contribution in [3.63, 3.8) is 0 Å². The van der Waals surface area contributed by atoms with Crippen LogP contribution in [0.1, 0.15) is 149 Å². The molecule has 1 unspecified atom stereocenters. The normalized spacial score (nSPS) is 13.7. The van der Waals surface area contributed by atoms with Crippen LogP contribution in [0.3, 0.4) is 0 Å². The van der Waals surface area contributed by atoms with Crippen molar-refractivity contribution in [2.24, 2.45) is 0 Å². The molecule has 0 saturated carbocycles. The van der Waals surface area contributed by atoms with Crippen LogP contribution in [0.15, 0.2) is 48.6 Å². The number of hydrogen-bond donors (Lipinski definition) is 3. The highest BCUT2D eigenvalue weighted by molar-refractivity contribution is 7.46. The lowest BCUT2D eigenvalue weighted by atomic mass is 10.1. The van der Waals surface area contributed by atoms with E-state index < -0.39 is 38.6 Å². The van der Waals surface area contributed by atoms with Crippen LogP contribution in [0.25, 0.3) is 0 Å². The maximum atomic E-state index is 12.3. The van der Waals surface area contributed by atoms with Crippen LogP contribution in [-0.4, -0.2) is 52.3 Å². The Hall–Kier alpha value is -2.03. The molecular formula is C37H65O9P. The Morgan fingerprint density at radius 1 is 0.681 bits per heavy atom. The molecule has 9 nitrogen and oxygen atoms in total. The van der Waals surface area contributed by atoms with Crippen LogP contribution in [-0.2, 0) is 28.2 Å². The molecule has 0 radical (unpaired) electrons. The fraction of sp³-hybridized carbons (Fsp3) is 0.730. The fourth-order valence-electron chi connectivity index (χ4n) is 4.73. The lowest BCUT2D eigenvalue weighted by Crippen LogP contribution is -2.29. The van der Waals surface area contributed by atoms with Crippen molar-refractivity contribution in [1.82, 2.24) is 0 Å². The first-order valence-electron chi connectivity index (χ1n) is 18.0. The van der Waals surface area contributed by atoms with Crippen molar-refractivity contribution < 1.29 is 43.0 Å². The molecule has 0 spiro atoms. The summed E-state index contributed by atoms with van der Waals surface area (Å²) in [5, 5.41) is 10.1. The molecule has 0 saturated heterocycles. The highest BCUT2D eigenvalue weighted by Crippen LogP contribution is 2.36. The van der Waals surface area contributed by atoms with Crippen molar-refractivity contribution >= 4 is 19.8 Å². The molecule has 0 amide bonds. The fourth-order valence-corrected chi connectivity index (χ4v) is 5.09. The first-order valence-corrected chi connectivity index (χ1v) is 19.6. The standard InChI is InChI=1S/C37H65O9P/c1-3-5-7-9-11-12-13-14-15-16-18-22-26-30-36(39)44-32-35(33-45-47(41,42)43)46-37(40)31-27-23-19-21-25-29-34(38)28-24-20-17-10-8-6-4-2/h6,8,12-13,17,20,24,28,34-35,38H,3-5,7,9-11,14-16,18-19,21-23,25-27,29-33H2,1-2H3,(H2,41,42,43)/b8-6+,13-12-,20-17+,28-24+/t34?,35-/m1/s1. The molecule has 0 aromatic rings. The maximum absolute atomic E-state index is 12.3. The van der Waals surface area contributed by atoms with E-state index in [2.05, 4.69) is 42.7 Å². The van der Waals surface area contributed by atoms with Gasteiger partial charge in [-0.05, 0) is 57.8 Å². The second-order valence-electron chi connectivity index (χ2n) is 12.0. The molecule has 0 rings (SSSR count). The molecule has 2 atom stereocenters. The zero-order valence-electron chi connectivity index (χ0n) is 29.3. The molecule has 0 aromatic heterocycles. The minimum atomic E-state index is -4.78. The Labute approximate surface area is 285 Å². The number of aliphatic hydroxyl groups is 1. The number of phosphoric ester groups is 1. The second kappa shape index (κ2) is 32.5. The monoisotopic (exact) mass is 684 g/mol. The average molecular weight is 685 g/mol. The van der Waals surface area contributed by atoms with E-state index in [1.165, 1.54) is 25.7 Å². The van der Waals surface area contributed by atoms with Crippen LogP contribution in [0.4, 0.5) is 0 Å². The molecule has 10 heteroatoms. The summed E-state index contributed by atoms with van der Waals surface area (Å²) in [5.74, 6) is -0.976. The van der Waals surface area contributed by atoms with E-state index in [-0.39, 0.29) is 19.4 Å². The summed E-state index contributed by atoms with van der Waals surface area (Å²) in [4.78, 5) is 42.6. The van der Waals surface area contributed by atoms with Gasteiger partial charge in [-0.2, -0.15) is 0 Å². The Morgan fingerprint density at radius 3 is 1.91 bits per heavy atom. The molecule has 0 bridgehead atoms. The van der Waals surface area contributed by atoms with Gasteiger partial charge in [-0.1, -0.05) is 127 Å². The number of rotatable bonds is 32. The average Bonchev–Trinajstić information content (AvgIpc) is 3.03. The number of allylic oxidation sites excluding steroid dienone is 7. The first kappa shape index (κ1) is 45.0. The van der Waals surface area contributed by atoms with Gasteiger partial charge in [0.05, 0.1) is 12.7 Å². The Morgan fingerprint density at radius 2 is 1.28 bits per heavy atom. The molecule has 3 N–H and O–H groups in total. The van der Waals surface area contributed by atoms with Crippen LogP contribution in [0.5, 0.6) is 0 Å². The highest BCUT2D eigenvalue weighted by atomic mass is 31.2. The number of hydrogen-bond acceptors (Lipinski definition) is 7. The molecule has 0 aliphatic carbocycles. The zero-order chi connectivity index (χ0) is 34.9. The van der Waals surface area contributed by atoms with E-state index in [0.717, 1.165) is 77.0 Å². The third-order valence-corrected chi connectivity index (χ3v) is 7.92. The highest BCUT2D eigenvalue weighted by Gasteiger charge is 2.22. The van der Waals surface area contributed by atoms with Gasteiger partial charge in [0.1, 0.15) is 6.61 Å². The first-order chi connectivity index (χ1) is 22.7. The molecule has 0 aromatic carbocycles. The van der Waals surface area contributed by atoms with Crippen LogP contribution >= 0.6 is 7.82 Å². The predicted molar refractivity (Wildman–Crippen MR) is 190 cm³/mol. The van der Waals surface area contributed by atoms with Crippen molar-refractivity contribution in [3.8, 4) is 0 Å². The molecule has 47 heavy (non-hydrogen) atoms. The summed E-state index contributed by atoms with van der Waals surface area (Å²) in [6, 6.07) is 0. The van der Waals surface area contributed by atoms with E-state index >= 15 is 0 Å². The zero-order valence-corrected chi connectivity index (χ0v) is 30.2. The van der Waals surface area contributed by atoms with Crippen molar-refractivity contribution in [3.05, 3.63) is 48.6 Å². The van der Waals surface area contributed by atoms with Gasteiger partial charge >= 0.3 is 19.8 Å². The van der Waals surface area contributed by atoms with E-state index in [9.17, 15) is 19.3 Å². The van der Waals surface area contributed by atoms with E-state index in [1.807, 2.05) is 18.2 Å². The van der Waals surface area contributed by atoms with Gasteiger partial charge in [-0.15, -0.1) is 0 Å². The van der Waals surface area contributed by atoms with Gasteiger partial charge in [0.15, 0.2) is 6.10 Å². The number of phosphoric acid groups is 1. The van der Waals surface area contributed by atoms with E-state index in [1.54, 1.807) is 6.08 Å². The number of esters is 2. The van der Waals surface area contributed by atoms with E-state index in [0.29, 0.717) is 19.3 Å². The molecule has 0 fully saturated rings. The summed E-state index contributed by atoms with van der Waals surface area (Å²) in [6.45, 7) is 3.42. The summed E-state index contributed by atoms with van der Waals surface area (Å²) in [5.41, 5.74) is 0. The largest absolute Gasteiger partial charge is 0.469 e. The summed E-state index contributed by atoms with van der Waals surface area (Å²) >= 11 is 0. The molecule has 0 aliphatic rings. The lowest BCUT2D eigenvalue weighted by molar-refractivity contribution is -0.161. The summed E-state index contributed by atoms with van der Waals surface area (Å²) < 4.78 is 26.2. The van der Waals surface area contributed by atoms with Gasteiger partial charge in [-0.3, -0.25) is 14.1 Å². The SMILES string of the molecule is CC/C=C/C/C=C/C=C/C(O)CCCCCCCC(=O)O[C@H](COC(=O)CCCCCCC/C=C\CCCCCC)COP(=O)(O)O. The number of aliphatic hydroxyl groups excluding tert-OH is 1. The summed E-state index contributed by atoms with van der Waals surface area (Å²) in [7, 11) is -4.78. The number of carbonyl (C=O) groups is 2. The van der Waals surface area contributed by atoms with Gasteiger partial charge in [0, 0.05) is 12.8 Å². The van der Waals surface area contributed by atoms with Crippen LogP contribution in [0, 0.1) is 0 Å². The molecular weight excluding hydrogens is 619 g/mol. The molecule has 0 aliphatic heterocycles.